The average molecular weight is 251 g/mol. The highest BCUT2D eigenvalue weighted by Crippen LogP contribution is 2.29. The maximum Gasteiger partial charge on any atom is 0.187 e. The standard InChI is InChI=1S/C14H14BN3O/c15-8-10-13(19-18-14(10)16)12-7-6-11(17-12)9-4-2-1-3-5-9/h1-7,17H,8,15H2,(H2,16,18). The maximum atomic E-state index is 5.79. The minimum Gasteiger partial charge on any atom is -0.381 e. The summed E-state index contributed by atoms with van der Waals surface area (Å²) in [7, 11) is 2.04. The van der Waals surface area contributed by atoms with E-state index in [1.165, 1.54) is 0 Å². The van der Waals surface area contributed by atoms with E-state index in [4.69, 9.17) is 10.3 Å². The van der Waals surface area contributed by atoms with E-state index in [0.717, 1.165) is 34.6 Å². The van der Waals surface area contributed by atoms with E-state index >= 15 is 0 Å². The first kappa shape index (κ1) is 11.7. The molecule has 0 saturated heterocycles. The molecule has 2 aromatic heterocycles. The van der Waals surface area contributed by atoms with Crippen molar-refractivity contribution in [1.29, 1.82) is 0 Å². The third-order valence-electron chi connectivity index (χ3n) is 3.19. The quantitative estimate of drug-likeness (QED) is 0.700. The fraction of sp³-hybridized carbons (Fsp3) is 0.0714. The van der Waals surface area contributed by atoms with Crippen LogP contribution >= 0.6 is 0 Å². The van der Waals surface area contributed by atoms with Gasteiger partial charge in [0.15, 0.2) is 11.6 Å². The van der Waals surface area contributed by atoms with Gasteiger partial charge >= 0.3 is 0 Å². The topological polar surface area (TPSA) is 67.8 Å². The van der Waals surface area contributed by atoms with Crippen molar-refractivity contribution in [1.82, 2.24) is 10.1 Å². The van der Waals surface area contributed by atoms with Crippen LogP contribution in [0, 0.1) is 0 Å². The minimum atomic E-state index is 0.466. The number of aromatic amines is 1. The van der Waals surface area contributed by atoms with Crippen LogP contribution in [0.3, 0.4) is 0 Å². The lowest BCUT2D eigenvalue weighted by atomic mass is 9.96. The Labute approximate surface area is 112 Å². The predicted molar refractivity (Wildman–Crippen MR) is 78.4 cm³/mol. The van der Waals surface area contributed by atoms with Gasteiger partial charge in [0, 0.05) is 11.3 Å². The number of nitrogens with one attached hydrogen (secondary N) is 1. The van der Waals surface area contributed by atoms with Gasteiger partial charge in [0.1, 0.15) is 7.85 Å². The van der Waals surface area contributed by atoms with E-state index in [1.807, 2.05) is 38.2 Å². The second kappa shape index (κ2) is 4.68. The van der Waals surface area contributed by atoms with Gasteiger partial charge in [-0.25, -0.2) is 0 Å². The Kier molecular flexibility index (Phi) is 2.87. The lowest BCUT2D eigenvalue weighted by Crippen LogP contribution is -1.93. The normalized spacial score (nSPS) is 10.7. The second-order valence-electron chi connectivity index (χ2n) is 4.38. The Bertz CT molecular complexity index is 688. The molecule has 0 saturated carbocycles. The third-order valence-corrected chi connectivity index (χ3v) is 3.19. The van der Waals surface area contributed by atoms with E-state index in [-0.39, 0.29) is 0 Å². The molecule has 94 valence electrons. The fourth-order valence-corrected chi connectivity index (χ4v) is 2.19. The molecule has 0 amide bonds. The number of H-pyrrole nitrogens is 1. The molecule has 0 aliphatic carbocycles. The summed E-state index contributed by atoms with van der Waals surface area (Å²) in [5.41, 5.74) is 9.82. The maximum absolute atomic E-state index is 5.79. The van der Waals surface area contributed by atoms with Gasteiger partial charge in [-0.1, -0.05) is 35.5 Å². The molecule has 3 rings (SSSR count). The van der Waals surface area contributed by atoms with Gasteiger partial charge in [-0.2, -0.15) is 0 Å². The van der Waals surface area contributed by atoms with Crippen LogP contribution in [0.1, 0.15) is 5.56 Å². The van der Waals surface area contributed by atoms with Crippen LogP contribution in [0.2, 0.25) is 0 Å². The number of anilines is 1. The molecule has 5 heteroatoms. The summed E-state index contributed by atoms with van der Waals surface area (Å²) in [6.07, 6.45) is 0.796. The number of hydrogen-bond donors (Lipinski definition) is 2. The Hall–Kier alpha value is -2.43. The number of nitrogens with zero attached hydrogens (tertiary/aromatic N) is 1. The molecule has 0 spiro atoms. The summed E-state index contributed by atoms with van der Waals surface area (Å²) in [5.74, 6) is 1.19. The van der Waals surface area contributed by atoms with Gasteiger partial charge in [0.05, 0.1) is 5.69 Å². The van der Waals surface area contributed by atoms with Crippen molar-refractivity contribution in [2.24, 2.45) is 0 Å². The SMILES string of the molecule is BCc1c(N)noc1-c1ccc(-c2ccccc2)[nH]1. The van der Waals surface area contributed by atoms with Crippen molar-refractivity contribution in [2.45, 2.75) is 6.32 Å². The van der Waals surface area contributed by atoms with Crippen molar-refractivity contribution in [3.63, 3.8) is 0 Å². The lowest BCUT2D eigenvalue weighted by Gasteiger charge is -1.98. The average Bonchev–Trinajstić information content (AvgIpc) is 3.06. The predicted octanol–water partition coefficient (Wildman–Crippen LogP) is 2.05. The van der Waals surface area contributed by atoms with Gasteiger partial charge < -0.3 is 15.2 Å². The smallest absolute Gasteiger partial charge is 0.187 e. The van der Waals surface area contributed by atoms with Crippen LogP contribution in [0.4, 0.5) is 5.82 Å². The molecule has 4 nitrogen and oxygen atoms in total. The van der Waals surface area contributed by atoms with Gasteiger partial charge in [-0.3, -0.25) is 0 Å². The minimum absolute atomic E-state index is 0.466. The molecular formula is C14H14BN3O. The molecule has 0 radical (unpaired) electrons. The van der Waals surface area contributed by atoms with Crippen molar-refractivity contribution < 1.29 is 4.52 Å². The molecule has 1 aromatic carbocycles. The van der Waals surface area contributed by atoms with E-state index < -0.39 is 0 Å². The third kappa shape index (κ3) is 2.03. The van der Waals surface area contributed by atoms with Gasteiger partial charge in [0.25, 0.3) is 0 Å². The molecule has 0 fully saturated rings. The molecule has 3 aromatic rings. The number of aromatic nitrogens is 2. The van der Waals surface area contributed by atoms with E-state index in [9.17, 15) is 0 Å². The molecule has 19 heavy (non-hydrogen) atoms. The Morgan fingerprint density at radius 3 is 2.58 bits per heavy atom. The first-order chi connectivity index (χ1) is 9.29. The van der Waals surface area contributed by atoms with Crippen LogP contribution in [-0.4, -0.2) is 18.0 Å². The van der Waals surface area contributed by atoms with E-state index in [0.29, 0.717) is 5.82 Å². The number of nitrogen functional groups attached to an aromatic ring is 1. The van der Waals surface area contributed by atoms with E-state index in [1.54, 1.807) is 0 Å². The van der Waals surface area contributed by atoms with E-state index in [2.05, 4.69) is 22.3 Å². The van der Waals surface area contributed by atoms with Crippen LogP contribution < -0.4 is 5.73 Å². The highest BCUT2D eigenvalue weighted by atomic mass is 16.5. The first-order valence-corrected chi connectivity index (χ1v) is 6.28. The lowest BCUT2D eigenvalue weighted by molar-refractivity contribution is 0.434. The molecule has 0 bridgehead atoms. The molecule has 0 unspecified atom stereocenters. The van der Waals surface area contributed by atoms with Crippen molar-refractivity contribution in [3.8, 4) is 22.7 Å². The van der Waals surface area contributed by atoms with Crippen molar-refractivity contribution in [2.75, 3.05) is 5.73 Å². The summed E-state index contributed by atoms with van der Waals surface area (Å²) in [4.78, 5) is 3.34. The van der Waals surface area contributed by atoms with Crippen LogP contribution in [0.15, 0.2) is 47.0 Å². The van der Waals surface area contributed by atoms with Crippen LogP contribution in [0.25, 0.3) is 22.7 Å². The zero-order valence-corrected chi connectivity index (χ0v) is 10.7. The number of hydrogen-bond acceptors (Lipinski definition) is 3. The molecule has 0 aliphatic heterocycles. The zero-order valence-electron chi connectivity index (χ0n) is 10.7. The molecular weight excluding hydrogens is 237 g/mol. The summed E-state index contributed by atoms with van der Waals surface area (Å²) >= 11 is 0. The number of rotatable bonds is 3. The molecule has 0 atom stereocenters. The van der Waals surface area contributed by atoms with Gasteiger partial charge in [0.2, 0.25) is 0 Å². The largest absolute Gasteiger partial charge is 0.381 e. The summed E-state index contributed by atoms with van der Waals surface area (Å²) in [6, 6.07) is 14.2. The summed E-state index contributed by atoms with van der Waals surface area (Å²) in [5, 5.41) is 3.83. The zero-order chi connectivity index (χ0) is 13.2. The number of benzene rings is 1. The second-order valence-corrected chi connectivity index (χ2v) is 4.38. The summed E-state index contributed by atoms with van der Waals surface area (Å²) in [6.45, 7) is 0. The Morgan fingerprint density at radius 2 is 1.84 bits per heavy atom. The van der Waals surface area contributed by atoms with Crippen LogP contribution in [0.5, 0.6) is 0 Å². The van der Waals surface area contributed by atoms with Crippen molar-refractivity contribution in [3.05, 3.63) is 48.0 Å². The molecule has 2 heterocycles. The molecule has 3 N–H and O–H groups in total. The summed E-state index contributed by atoms with van der Waals surface area (Å²) < 4.78 is 5.32. The molecule has 0 aliphatic rings. The Morgan fingerprint density at radius 1 is 1.11 bits per heavy atom. The highest BCUT2D eigenvalue weighted by molar-refractivity contribution is 6.09. The fourth-order valence-electron chi connectivity index (χ4n) is 2.19. The van der Waals surface area contributed by atoms with Crippen LogP contribution in [-0.2, 0) is 6.32 Å². The number of nitrogens with two attached hydrogens (primary N) is 1. The van der Waals surface area contributed by atoms with Gasteiger partial charge in [-0.05, 0) is 24.0 Å². The first-order valence-electron chi connectivity index (χ1n) is 6.28. The van der Waals surface area contributed by atoms with Gasteiger partial charge in [-0.15, -0.1) is 0 Å². The Balaban J connectivity index is 2.02. The monoisotopic (exact) mass is 251 g/mol. The van der Waals surface area contributed by atoms with Crippen molar-refractivity contribution >= 4 is 13.7 Å². The highest BCUT2D eigenvalue weighted by Gasteiger charge is 2.15.